The van der Waals surface area contributed by atoms with Gasteiger partial charge in [-0.3, -0.25) is 14.4 Å². The Kier molecular flexibility index (Phi) is 7.99. The Labute approximate surface area is 188 Å². The third-order valence-corrected chi connectivity index (χ3v) is 4.22. The largest absolute Gasteiger partial charge is 0.484 e. The zero-order valence-electron chi connectivity index (χ0n) is 16.7. The number of anilines is 1. The zero-order valence-corrected chi connectivity index (χ0v) is 17.5. The molecule has 0 unspecified atom stereocenters. The second kappa shape index (κ2) is 11.3. The SMILES string of the molecule is O=C(COc1ccc(/C=N\NC(=O)C(=O)NCc2ccco2)cc1)Nc1ccc(Cl)cc1. The smallest absolute Gasteiger partial charge is 0.329 e. The Morgan fingerprint density at radius 2 is 1.75 bits per heavy atom. The van der Waals surface area contributed by atoms with Gasteiger partial charge in [0.1, 0.15) is 11.5 Å². The van der Waals surface area contributed by atoms with E-state index < -0.39 is 11.8 Å². The number of nitrogens with one attached hydrogen (secondary N) is 3. The fourth-order valence-electron chi connectivity index (χ4n) is 2.41. The van der Waals surface area contributed by atoms with E-state index in [0.29, 0.717) is 27.8 Å². The molecule has 3 amide bonds. The van der Waals surface area contributed by atoms with Gasteiger partial charge in [0.05, 0.1) is 19.0 Å². The van der Waals surface area contributed by atoms with Crippen LogP contribution in [0.25, 0.3) is 0 Å². The van der Waals surface area contributed by atoms with E-state index in [1.54, 1.807) is 60.7 Å². The molecule has 3 rings (SSSR count). The number of nitrogens with zero attached hydrogens (tertiary/aromatic N) is 1. The lowest BCUT2D eigenvalue weighted by Crippen LogP contribution is -2.37. The Bertz CT molecular complexity index is 1080. The van der Waals surface area contributed by atoms with Crippen LogP contribution < -0.4 is 20.8 Å². The molecule has 0 atom stereocenters. The summed E-state index contributed by atoms with van der Waals surface area (Å²) in [6.45, 7) is -0.0681. The molecule has 0 aliphatic carbocycles. The molecule has 164 valence electrons. The van der Waals surface area contributed by atoms with Gasteiger partial charge in [-0.2, -0.15) is 5.10 Å². The van der Waals surface area contributed by atoms with E-state index in [2.05, 4.69) is 21.2 Å². The Morgan fingerprint density at radius 3 is 2.44 bits per heavy atom. The highest BCUT2D eigenvalue weighted by molar-refractivity contribution is 6.35. The first kappa shape index (κ1) is 22.6. The molecule has 0 fully saturated rings. The van der Waals surface area contributed by atoms with Gasteiger partial charge >= 0.3 is 11.8 Å². The topological polar surface area (TPSA) is 122 Å². The molecule has 0 bridgehead atoms. The van der Waals surface area contributed by atoms with Gasteiger partial charge in [0, 0.05) is 10.7 Å². The van der Waals surface area contributed by atoms with E-state index in [9.17, 15) is 14.4 Å². The summed E-state index contributed by atoms with van der Waals surface area (Å²) < 4.78 is 10.5. The van der Waals surface area contributed by atoms with Crippen molar-refractivity contribution in [2.24, 2.45) is 5.10 Å². The molecule has 1 heterocycles. The summed E-state index contributed by atoms with van der Waals surface area (Å²) in [5.41, 5.74) is 3.41. The van der Waals surface area contributed by atoms with Gasteiger partial charge in [0.25, 0.3) is 5.91 Å². The Balaban J connectivity index is 1.39. The van der Waals surface area contributed by atoms with Crippen LogP contribution in [0.2, 0.25) is 5.02 Å². The van der Waals surface area contributed by atoms with Crippen molar-refractivity contribution in [3.8, 4) is 5.75 Å². The van der Waals surface area contributed by atoms with Crippen LogP contribution in [0, 0.1) is 0 Å². The average Bonchev–Trinajstić information content (AvgIpc) is 3.32. The summed E-state index contributed by atoms with van der Waals surface area (Å²) in [5, 5.41) is 9.42. The van der Waals surface area contributed by atoms with Crippen LogP contribution in [0.15, 0.2) is 76.4 Å². The average molecular weight is 455 g/mol. The predicted molar refractivity (Wildman–Crippen MR) is 118 cm³/mol. The summed E-state index contributed by atoms with van der Waals surface area (Å²) in [6, 6.07) is 16.7. The highest BCUT2D eigenvalue weighted by Crippen LogP contribution is 2.14. The van der Waals surface area contributed by atoms with Gasteiger partial charge < -0.3 is 19.8 Å². The van der Waals surface area contributed by atoms with E-state index in [4.69, 9.17) is 20.8 Å². The lowest BCUT2D eigenvalue weighted by Gasteiger charge is -2.08. The van der Waals surface area contributed by atoms with Gasteiger partial charge in [-0.1, -0.05) is 11.6 Å². The molecule has 10 heteroatoms. The Hall–Kier alpha value is -4.11. The van der Waals surface area contributed by atoms with Crippen molar-refractivity contribution in [3.05, 3.63) is 83.3 Å². The molecule has 0 aliphatic rings. The summed E-state index contributed by atoms with van der Waals surface area (Å²) in [6.07, 6.45) is 2.84. The van der Waals surface area contributed by atoms with Crippen LogP contribution in [0.3, 0.4) is 0 Å². The summed E-state index contributed by atoms with van der Waals surface area (Å²) in [4.78, 5) is 35.3. The van der Waals surface area contributed by atoms with Gasteiger partial charge in [0.15, 0.2) is 6.61 Å². The predicted octanol–water partition coefficient (Wildman–Crippen LogP) is 2.72. The second-order valence-electron chi connectivity index (χ2n) is 6.37. The summed E-state index contributed by atoms with van der Waals surface area (Å²) >= 11 is 5.81. The minimum absolute atomic E-state index is 0.0994. The fourth-order valence-corrected chi connectivity index (χ4v) is 2.53. The molecular weight excluding hydrogens is 436 g/mol. The number of benzene rings is 2. The number of halogens is 1. The van der Waals surface area contributed by atoms with Crippen LogP contribution in [-0.4, -0.2) is 30.5 Å². The first-order valence-corrected chi connectivity index (χ1v) is 9.79. The first-order valence-electron chi connectivity index (χ1n) is 9.41. The van der Waals surface area contributed by atoms with E-state index in [1.807, 2.05) is 0 Å². The van der Waals surface area contributed by atoms with Crippen LogP contribution in [0.5, 0.6) is 5.75 Å². The number of furan rings is 1. The number of hydrogen-bond acceptors (Lipinski definition) is 6. The van der Waals surface area contributed by atoms with Crippen molar-refractivity contribution in [2.45, 2.75) is 6.54 Å². The minimum Gasteiger partial charge on any atom is -0.484 e. The standard InChI is InChI=1S/C22H19ClN4O5/c23-16-5-7-17(8-6-16)26-20(28)14-32-18-9-3-15(4-10-18)12-25-27-22(30)21(29)24-13-19-2-1-11-31-19/h1-12H,13-14H2,(H,24,29)(H,26,28)(H,27,30)/b25-12-. The third-order valence-electron chi connectivity index (χ3n) is 3.97. The lowest BCUT2D eigenvalue weighted by atomic mass is 10.2. The molecule has 0 saturated carbocycles. The molecular formula is C22H19ClN4O5. The molecule has 32 heavy (non-hydrogen) atoms. The highest BCUT2D eigenvalue weighted by Gasteiger charge is 2.12. The van der Waals surface area contributed by atoms with Crippen molar-refractivity contribution in [2.75, 3.05) is 11.9 Å². The van der Waals surface area contributed by atoms with Gasteiger partial charge in [0.2, 0.25) is 0 Å². The number of rotatable bonds is 8. The lowest BCUT2D eigenvalue weighted by molar-refractivity contribution is -0.139. The second-order valence-corrected chi connectivity index (χ2v) is 6.81. The molecule has 9 nitrogen and oxygen atoms in total. The molecule has 2 aromatic carbocycles. The van der Waals surface area contributed by atoms with Crippen molar-refractivity contribution >= 4 is 41.2 Å². The van der Waals surface area contributed by atoms with Crippen LogP contribution in [0.1, 0.15) is 11.3 Å². The normalized spacial score (nSPS) is 10.5. The van der Waals surface area contributed by atoms with Crippen LogP contribution in [-0.2, 0) is 20.9 Å². The molecule has 3 N–H and O–H groups in total. The number of carbonyl (C=O) groups excluding carboxylic acids is 3. The number of carbonyl (C=O) groups is 3. The molecule has 0 spiro atoms. The maximum Gasteiger partial charge on any atom is 0.329 e. The van der Waals surface area contributed by atoms with Crippen LogP contribution >= 0.6 is 11.6 Å². The number of hydrogen-bond donors (Lipinski definition) is 3. The van der Waals surface area contributed by atoms with Crippen molar-refractivity contribution in [3.63, 3.8) is 0 Å². The molecule has 0 aliphatic heterocycles. The van der Waals surface area contributed by atoms with E-state index in [-0.39, 0.29) is 19.1 Å². The molecule has 0 radical (unpaired) electrons. The third kappa shape index (κ3) is 7.29. The number of amides is 3. The molecule has 1 aromatic heterocycles. The quantitative estimate of drug-likeness (QED) is 0.274. The highest BCUT2D eigenvalue weighted by atomic mass is 35.5. The summed E-state index contributed by atoms with van der Waals surface area (Å²) in [5.74, 6) is -1.04. The monoisotopic (exact) mass is 454 g/mol. The van der Waals surface area contributed by atoms with Crippen molar-refractivity contribution in [1.82, 2.24) is 10.7 Å². The zero-order chi connectivity index (χ0) is 22.8. The van der Waals surface area contributed by atoms with Gasteiger partial charge in [-0.05, 0) is 66.2 Å². The fraction of sp³-hybridized carbons (Fsp3) is 0.0909. The van der Waals surface area contributed by atoms with E-state index in [1.165, 1.54) is 12.5 Å². The summed E-state index contributed by atoms with van der Waals surface area (Å²) in [7, 11) is 0. The Morgan fingerprint density at radius 1 is 1.00 bits per heavy atom. The van der Waals surface area contributed by atoms with Gasteiger partial charge in [-0.15, -0.1) is 0 Å². The van der Waals surface area contributed by atoms with Crippen molar-refractivity contribution < 1.29 is 23.5 Å². The molecule has 3 aromatic rings. The maximum atomic E-state index is 11.9. The molecule has 0 saturated heterocycles. The van der Waals surface area contributed by atoms with Crippen LogP contribution in [0.4, 0.5) is 5.69 Å². The number of ether oxygens (including phenoxy) is 1. The van der Waals surface area contributed by atoms with Gasteiger partial charge in [-0.25, -0.2) is 5.43 Å². The van der Waals surface area contributed by atoms with E-state index in [0.717, 1.165) is 0 Å². The van der Waals surface area contributed by atoms with Crippen molar-refractivity contribution in [1.29, 1.82) is 0 Å². The van der Waals surface area contributed by atoms with E-state index >= 15 is 0 Å². The maximum absolute atomic E-state index is 11.9. The minimum atomic E-state index is -0.903. The first-order chi connectivity index (χ1) is 15.5. The number of hydrazone groups is 1.